The molecule has 18 heavy (non-hydrogen) atoms. The van der Waals surface area contributed by atoms with Crippen molar-refractivity contribution in [2.45, 2.75) is 13.0 Å². The number of aryl methyl sites for hydroxylation is 2. The molecule has 0 aliphatic rings. The van der Waals surface area contributed by atoms with Crippen molar-refractivity contribution in [1.29, 1.82) is 0 Å². The standard InChI is InChI=1S/C11H9BrN2O3S/c12-7-5-8(18-6-7)3-4-14-10(15)2-1-9(13-14)11(16)17/h1-2,5-6H,3-4H2,(H,16,17). The van der Waals surface area contributed by atoms with Gasteiger partial charge in [-0.15, -0.1) is 11.3 Å². The van der Waals surface area contributed by atoms with Crippen molar-refractivity contribution < 1.29 is 9.90 Å². The van der Waals surface area contributed by atoms with Gasteiger partial charge in [-0.2, -0.15) is 5.10 Å². The number of halogens is 1. The third-order valence-corrected chi connectivity index (χ3v) is 4.03. The van der Waals surface area contributed by atoms with Crippen LogP contribution in [0.5, 0.6) is 0 Å². The van der Waals surface area contributed by atoms with Crippen molar-refractivity contribution in [2.24, 2.45) is 0 Å². The summed E-state index contributed by atoms with van der Waals surface area (Å²) in [6.07, 6.45) is 0.645. The maximum absolute atomic E-state index is 11.5. The third-order valence-electron chi connectivity index (χ3n) is 2.28. The van der Waals surface area contributed by atoms with Gasteiger partial charge in [-0.1, -0.05) is 0 Å². The lowest BCUT2D eigenvalue weighted by Gasteiger charge is -2.03. The van der Waals surface area contributed by atoms with E-state index >= 15 is 0 Å². The first-order chi connectivity index (χ1) is 8.56. The molecule has 2 aromatic rings. The number of hydrogen-bond donors (Lipinski definition) is 1. The summed E-state index contributed by atoms with van der Waals surface area (Å²) in [4.78, 5) is 23.4. The molecule has 2 rings (SSSR count). The van der Waals surface area contributed by atoms with Crippen molar-refractivity contribution in [1.82, 2.24) is 9.78 Å². The van der Waals surface area contributed by atoms with Gasteiger partial charge in [0.15, 0.2) is 5.69 Å². The summed E-state index contributed by atoms with van der Waals surface area (Å²) in [6.45, 7) is 0.368. The van der Waals surface area contributed by atoms with Crippen LogP contribution < -0.4 is 5.56 Å². The van der Waals surface area contributed by atoms with E-state index in [1.54, 1.807) is 11.3 Å². The second-order valence-corrected chi connectivity index (χ2v) is 5.48. The zero-order chi connectivity index (χ0) is 13.1. The topological polar surface area (TPSA) is 72.2 Å². The molecule has 0 aliphatic heterocycles. The fourth-order valence-corrected chi connectivity index (χ4v) is 2.87. The highest BCUT2D eigenvalue weighted by Gasteiger charge is 2.07. The maximum atomic E-state index is 11.5. The Morgan fingerprint density at radius 1 is 1.50 bits per heavy atom. The van der Waals surface area contributed by atoms with Crippen LogP contribution in [0.4, 0.5) is 0 Å². The van der Waals surface area contributed by atoms with Crippen LogP contribution in [0, 0.1) is 0 Å². The van der Waals surface area contributed by atoms with Crippen molar-refractivity contribution in [3.63, 3.8) is 0 Å². The molecule has 2 heterocycles. The molecule has 0 amide bonds. The second kappa shape index (κ2) is 5.45. The Hall–Kier alpha value is -1.47. The number of carboxylic acids is 1. The summed E-state index contributed by atoms with van der Waals surface area (Å²) in [5.41, 5.74) is -0.419. The average molecular weight is 329 g/mol. The molecule has 0 bridgehead atoms. The Morgan fingerprint density at radius 2 is 2.28 bits per heavy atom. The van der Waals surface area contributed by atoms with Crippen LogP contribution in [0.3, 0.4) is 0 Å². The zero-order valence-electron chi connectivity index (χ0n) is 9.17. The van der Waals surface area contributed by atoms with Gasteiger partial charge in [-0.05, 0) is 28.1 Å². The van der Waals surface area contributed by atoms with Crippen molar-refractivity contribution >= 4 is 33.2 Å². The fourth-order valence-electron chi connectivity index (χ4n) is 1.42. The van der Waals surface area contributed by atoms with E-state index in [1.165, 1.54) is 16.8 Å². The largest absolute Gasteiger partial charge is 0.476 e. The normalized spacial score (nSPS) is 10.5. The van der Waals surface area contributed by atoms with E-state index in [0.717, 1.165) is 9.35 Å². The molecule has 0 fully saturated rings. The molecule has 2 aromatic heterocycles. The van der Waals surface area contributed by atoms with Crippen LogP contribution in [0.15, 0.2) is 32.8 Å². The van der Waals surface area contributed by atoms with E-state index in [2.05, 4.69) is 21.0 Å². The Balaban J connectivity index is 2.16. The highest BCUT2D eigenvalue weighted by Crippen LogP contribution is 2.20. The van der Waals surface area contributed by atoms with Crippen molar-refractivity contribution in [3.8, 4) is 0 Å². The summed E-state index contributed by atoms with van der Waals surface area (Å²) < 4.78 is 2.18. The molecule has 0 radical (unpaired) electrons. The van der Waals surface area contributed by atoms with Gasteiger partial charge in [0.05, 0.1) is 0 Å². The molecule has 7 heteroatoms. The number of carbonyl (C=O) groups is 1. The number of aromatic nitrogens is 2. The monoisotopic (exact) mass is 328 g/mol. The predicted octanol–water partition coefficient (Wildman–Crippen LogP) is 2.01. The molecule has 0 aliphatic carbocycles. The zero-order valence-corrected chi connectivity index (χ0v) is 11.6. The predicted molar refractivity (Wildman–Crippen MR) is 71.2 cm³/mol. The number of hydrogen-bond acceptors (Lipinski definition) is 4. The molecule has 94 valence electrons. The minimum Gasteiger partial charge on any atom is -0.476 e. The minimum atomic E-state index is -1.14. The summed E-state index contributed by atoms with van der Waals surface area (Å²) in [5, 5.41) is 14.6. The van der Waals surface area contributed by atoms with Gasteiger partial charge >= 0.3 is 5.97 Å². The highest BCUT2D eigenvalue weighted by atomic mass is 79.9. The second-order valence-electron chi connectivity index (χ2n) is 3.57. The van der Waals surface area contributed by atoms with E-state index in [0.29, 0.717) is 13.0 Å². The van der Waals surface area contributed by atoms with Gasteiger partial charge in [0, 0.05) is 33.8 Å². The Kier molecular flexibility index (Phi) is 3.93. The van der Waals surface area contributed by atoms with Gasteiger partial charge in [0.2, 0.25) is 0 Å². The van der Waals surface area contributed by atoms with Crippen LogP contribution >= 0.6 is 27.3 Å². The molecule has 0 saturated heterocycles. The Labute approximate surface area is 115 Å². The lowest BCUT2D eigenvalue weighted by Crippen LogP contribution is -2.25. The Morgan fingerprint density at radius 3 is 2.89 bits per heavy atom. The number of thiophene rings is 1. The lowest BCUT2D eigenvalue weighted by atomic mass is 10.3. The van der Waals surface area contributed by atoms with Gasteiger partial charge in [-0.25, -0.2) is 9.48 Å². The first-order valence-electron chi connectivity index (χ1n) is 5.10. The molecule has 0 aromatic carbocycles. The molecule has 0 saturated carbocycles. The number of rotatable bonds is 4. The number of aromatic carboxylic acids is 1. The summed E-state index contributed by atoms with van der Waals surface area (Å²) in [5.74, 6) is -1.14. The van der Waals surface area contributed by atoms with Crippen LogP contribution in [-0.4, -0.2) is 20.9 Å². The molecule has 5 nitrogen and oxygen atoms in total. The number of carboxylic acid groups (broad SMARTS) is 1. The molecule has 0 atom stereocenters. The van der Waals surface area contributed by atoms with E-state index < -0.39 is 5.97 Å². The summed E-state index contributed by atoms with van der Waals surface area (Å²) >= 11 is 4.93. The van der Waals surface area contributed by atoms with Gasteiger partial charge < -0.3 is 5.11 Å². The van der Waals surface area contributed by atoms with E-state index in [-0.39, 0.29) is 11.3 Å². The smallest absolute Gasteiger partial charge is 0.356 e. The van der Waals surface area contributed by atoms with E-state index in [9.17, 15) is 9.59 Å². The highest BCUT2D eigenvalue weighted by molar-refractivity contribution is 9.10. The van der Waals surface area contributed by atoms with Crippen LogP contribution in [-0.2, 0) is 13.0 Å². The summed E-state index contributed by atoms with van der Waals surface area (Å²) in [7, 11) is 0. The van der Waals surface area contributed by atoms with Crippen LogP contribution in [0.25, 0.3) is 0 Å². The lowest BCUT2D eigenvalue weighted by molar-refractivity contribution is 0.0687. The molecule has 0 unspecified atom stereocenters. The maximum Gasteiger partial charge on any atom is 0.356 e. The summed E-state index contributed by atoms with van der Waals surface area (Å²) in [6, 6.07) is 4.40. The van der Waals surface area contributed by atoms with Gasteiger partial charge in [0.1, 0.15) is 0 Å². The number of nitrogens with zero attached hydrogens (tertiary/aromatic N) is 2. The van der Waals surface area contributed by atoms with Gasteiger partial charge in [0.25, 0.3) is 5.56 Å². The Bertz CT molecular complexity index is 635. The first-order valence-corrected chi connectivity index (χ1v) is 6.78. The molecular weight excluding hydrogens is 320 g/mol. The molecular formula is C11H9BrN2O3S. The van der Waals surface area contributed by atoms with Crippen LogP contribution in [0.1, 0.15) is 15.4 Å². The van der Waals surface area contributed by atoms with Crippen LogP contribution in [0.2, 0.25) is 0 Å². The fraction of sp³-hybridized carbons (Fsp3) is 0.182. The molecule has 0 spiro atoms. The van der Waals surface area contributed by atoms with E-state index in [1.807, 2.05) is 11.4 Å². The van der Waals surface area contributed by atoms with Gasteiger partial charge in [-0.3, -0.25) is 4.79 Å². The van der Waals surface area contributed by atoms with Crippen molar-refractivity contribution in [2.75, 3.05) is 0 Å². The SMILES string of the molecule is O=C(O)c1ccc(=O)n(CCc2cc(Br)cs2)n1. The van der Waals surface area contributed by atoms with Crippen molar-refractivity contribution in [3.05, 3.63) is 49.0 Å². The first kappa shape index (κ1) is 13.0. The molecule has 1 N–H and O–H groups in total. The van der Waals surface area contributed by atoms with E-state index in [4.69, 9.17) is 5.11 Å². The minimum absolute atomic E-state index is 0.123. The third kappa shape index (κ3) is 3.05. The average Bonchev–Trinajstić information content (AvgIpc) is 2.74. The quantitative estimate of drug-likeness (QED) is 0.931.